The number of aliphatic carboxylic acids is 1. The third kappa shape index (κ3) is 6.22. The van der Waals surface area contributed by atoms with Gasteiger partial charge in [0.1, 0.15) is 0 Å². The summed E-state index contributed by atoms with van der Waals surface area (Å²) in [6.45, 7) is 2.76. The van der Waals surface area contributed by atoms with Crippen molar-refractivity contribution < 1.29 is 14.7 Å². The second-order valence-electron chi connectivity index (χ2n) is 4.64. The standard InChI is InChI=1S/C15H22N2O3/c1-2-3-6-11-16-15(20)17-13-8-5-4-7-12(13)9-10-14(18)19/h4-5,7-8H,2-3,6,9-11H2,1H3,(H,18,19)(H2,16,17,20). The Bertz CT molecular complexity index is 446. The molecule has 0 saturated heterocycles. The summed E-state index contributed by atoms with van der Waals surface area (Å²) in [5, 5.41) is 14.3. The zero-order valence-electron chi connectivity index (χ0n) is 11.8. The molecule has 0 unspecified atom stereocenters. The van der Waals surface area contributed by atoms with E-state index >= 15 is 0 Å². The highest BCUT2D eigenvalue weighted by atomic mass is 16.4. The number of unbranched alkanes of at least 4 members (excludes halogenated alkanes) is 2. The van der Waals surface area contributed by atoms with Crippen molar-refractivity contribution >= 4 is 17.7 Å². The molecule has 110 valence electrons. The van der Waals surface area contributed by atoms with Crippen molar-refractivity contribution in [3.63, 3.8) is 0 Å². The van der Waals surface area contributed by atoms with Crippen LogP contribution in [0.1, 0.15) is 38.2 Å². The second kappa shape index (κ2) is 8.96. The number of rotatable bonds is 8. The lowest BCUT2D eigenvalue weighted by molar-refractivity contribution is -0.136. The van der Waals surface area contributed by atoms with Crippen LogP contribution in [0.3, 0.4) is 0 Å². The fraction of sp³-hybridized carbons (Fsp3) is 0.467. The zero-order valence-corrected chi connectivity index (χ0v) is 11.8. The smallest absolute Gasteiger partial charge is 0.319 e. The van der Waals surface area contributed by atoms with E-state index < -0.39 is 5.97 Å². The summed E-state index contributed by atoms with van der Waals surface area (Å²) in [6, 6.07) is 7.01. The Morgan fingerprint density at radius 2 is 1.95 bits per heavy atom. The predicted octanol–water partition coefficient (Wildman–Crippen LogP) is 3.02. The van der Waals surface area contributed by atoms with E-state index in [9.17, 15) is 9.59 Å². The number of carbonyl (C=O) groups excluding carboxylic acids is 1. The number of urea groups is 1. The first kappa shape index (κ1) is 16.0. The first-order valence-corrected chi connectivity index (χ1v) is 6.98. The first-order chi connectivity index (χ1) is 9.63. The number of nitrogens with one attached hydrogen (secondary N) is 2. The van der Waals surface area contributed by atoms with Gasteiger partial charge in [-0.3, -0.25) is 4.79 Å². The summed E-state index contributed by atoms with van der Waals surface area (Å²) < 4.78 is 0. The highest BCUT2D eigenvalue weighted by Crippen LogP contribution is 2.16. The molecule has 0 aliphatic carbocycles. The van der Waals surface area contributed by atoms with E-state index in [2.05, 4.69) is 17.6 Å². The van der Waals surface area contributed by atoms with Crippen molar-refractivity contribution in [2.75, 3.05) is 11.9 Å². The molecular weight excluding hydrogens is 256 g/mol. The molecule has 0 spiro atoms. The molecule has 0 aliphatic heterocycles. The molecule has 0 bridgehead atoms. The van der Waals surface area contributed by atoms with Crippen molar-refractivity contribution in [3.8, 4) is 0 Å². The van der Waals surface area contributed by atoms with Gasteiger partial charge in [0.25, 0.3) is 0 Å². The number of carboxylic acid groups (broad SMARTS) is 1. The molecule has 1 rings (SSSR count). The maximum Gasteiger partial charge on any atom is 0.319 e. The van der Waals surface area contributed by atoms with Gasteiger partial charge in [-0.25, -0.2) is 4.79 Å². The van der Waals surface area contributed by atoms with Gasteiger partial charge >= 0.3 is 12.0 Å². The quantitative estimate of drug-likeness (QED) is 0.640. The van der Waals surface area contributed by atoms with Crippen molar-refractivity contribution in [2.24, 2.45) is 0 Å². The van der Waals surface area contributed by atoms with Gasteiger partial charge in [0, 0.05) is 18.7 Å². The number of hydrogen-bond donors (Lipinski definition) is 3. The SMILES string of the molecule is CCCCCNC(=O)Nc1ccccc1CCC(=O)O. The van der Waals surface area contributed by atoms with Crippen LogP contribution in [0.25, 0.3) is 0 Å². The van der Waals surface area contributed by atoms with E-state index in [0.717, 1.165) is 24.8 Å². The minimum Gasteiger partial charge on any atom is -0.481 e. The van der Waals surface area contributed by atoms with Crippen molar-refractivity contribution in [1.29, 1.82) is 0 Å². The lowest BCUT2D eigenvalue weighted by atomic mass is 10.1. The first-order valence-electron chi connectivity index (χ1n) is 6.98. The summed E-state index contributed by atoms with van der Waals surface area (Å²) in [6.07, 6.45) is 3.62. The molecule has 0 aliphatic rings. The van der Waals surface area contributed by atoms with Gasteiger partial charge in [-0.15, -0.1) is 0 Å². The van der Waals surface area contributed by atoms with Gasteiger partial charge in [-0.2, -0.15) is 0 Å². The molecule has 0 aromatic heterocycles. The number of amides is 2. The highest BCUT2D eigenvalue weighted by Gasteiger charge is 2.07. The van der Waals surface area contributed by atoms with Crippen molar-refractivity contribution in [2.45, 2.75) is 39.0 Å². The maximum absolute atomic E-state index is 11.7. The van der Waals surface area contributed by atoms with Gasteiger partial charge in [0.05, 0.1) is 0 Å². The summed E-state index contributed by atoms with van der Waals surface area (Å²) >= 11 is 0. The van der Waals surface area contributed by atoms with Gasteiger partial charge in [-0.05, 0) is 24.5 Å². The Hall–Kier alpha value is -2.04. The molecule has 1 aromatic carbocycles. The lowest BCUT2D eigenvalue weighted by Crippen LogP contribution is -2.29. The molecule has 3 N–H and O–H groups in total. The number of hydrogen-bond acceptors (Lipinski definition) is 2. The zero-order chi connectivity index (χ0) is 14.8. The minimum atomic E-state index is -0.844. The molecule has 20 heavy (non-hydrogen) atoms. The minimum absolute atomic E-state index is 0.0524. The average Bonchev–Trinajstić information content (AvgIpc) is 2.42. The van der Waals surface area contributed by atoms with Crippen LogP contribution in [-0.4, -0.2) is 23.7 Å². The lowest BCUT2D eigenvalue weighted by Gasteiger charge is -2.11. The van der Waals surface area contributed by atoms with Gasteiger partial charge in [0.15, 0.2) is 0 Å². The van der Waals surface area contributed by atoms with Crippen LogP contribution >= 0.6 is 0 Å². The Labute approximate surface area is 119 Å². The van der Waals surface area contributed by atoms with Gasteiger partial charge < -0.3 is 15.7 Å². The van der Waals surface area contributed by atoms with Crippen LogP contribution in [0.15, 0.2) is 24.3 Å². The number of para-hydroxylation sites is 1. The van der Waals surface area contributed by atoms with Crippen molar-refractivity contribution in [1.82, 2.24) is 5.32 Å². The number of anilines is 1. The summed E-state index contributed by atoms with van der Waals surface area (Å²) in [7, 11) is 0. The Balaban J connectivity index is 2.49. The number of carbonyl (C=O) groups is 2. The fourth-order valence-electron chi connectivity index (χ4n) is 1.85. The van der Waals surface area contributed by atoms with E-state index in [4.69, 9.17) is 5.11 Å². The monoisotopic (exact) mass is 278 g/mol. The van der Waals surface area contributed by atoms with Crippen LogP contribution in [0.2, 0.25) is 0 Å². The van der Waals surface area contributed by atoms with E-state index in [-0.39, 0.29) is 12.5 Å². The molecule has 1 aromatic rings. The third-order valence-corrected chi connectivity index (χ3v) is 2.94. The Kier molecular flexibility index (Phi) is 7.17. The van der Waals surface area contributed by atoms with Gasteiger partial charge in [0.2, 0.25) is 0 Å². The van der Waals surface area contributed by atoms with E-state index in [1.807, 2.05) is 18.2 Å². The topological polar surface area (TPSA) is 78.4 Å². The molecule has 0 radical (unpaired) electrons. The van der Waals surface area contributed by atoms with E-state index in [1.54, 1.807) is 6.07 Å². The van der Waals surface area contributed by atoms with Crippen LogP contribution in [-0.2, 0) is 11.2 Å². The average molecular weight is 278 g/mol. The molecule has 5 heteroatoms. The molecule has 0 atom stereocenters. The number of aryl methyl sites for hydroxylation is 1. The van der Waals surface area contributed by atoms with Crippen LogP contribution in [0.5, 0.6) is 0 Å². The summed E-state index contributed by atoms with van der Waals surface area (Å²) in [4.78, 5) is 22.3. The van der Waals surface area contributed by atoms with E-state index in [1.165, 1.54) is 0 Å². The Morgan fingerprint density at radius 3 is 2.65 bits per heavy atom. The third-order valence-electron chi connectivity index (χ3n) is 2.94. The van der Waals surface area contributed by atoms with E-state index in [0.29, 0.717) is 18.7 Å². The normalized spacial score (nSPS) is 10.1. The molecule has 0 fully saturated rings. The Morgan fingerprint density at radius 1 is 1.20 bits per heavy atom. The molecule has 0 heterocycles. The van der Waals surface area contributed by atoms with Gasteiger partial charge in [-0.1, -0.05) is 38.0 Å². The largest absolute Gasteiger partial charge is 0.481 e. The van der Waals surface area contributed by atoms with Crippen LogP contribution in [0.4, 0.5) is 10.5 Å². The molecular formula is C15H22N2O3. The van der Waals surface area contributed by atoms with Crippen LogP contribution in [0, 0.1) is 0 Å². The second-order valence-corrected chi connectivity index (χ2v) is 4.64. The molecule has 5 nitrogen and oxygen atoms in total. The summed E-state index contributed by atoms with van der Waals surface area (Å²) in [5.41, 5.74) is 1.50. The maximum atomic E-state index is 11.7. The highest BCUT2D eigenvalue weighted by molar-refractivity contribution is 5.90. The summed E-state index contributed by atoms with van der Waals surface area (Å²) in [5.74, 6) is -0.844. The molecule has 2 amide bonds. The van der Waals surface area contributed by atoms with Crippen LogP contribution < -0.4 is 10.6 Å². The predicted molar refractivity (Wildman–Crippen MR) is 78.9 cm³/mol. The fourth-order valence-corrected chi connectivity index (χ4v) is 1.85. The molecule has 0 saturated carbocycles. The number of benzene rings is 1. The number of carboxylic acids is 1. The van der Waals surface area contributed by atoms with Crippen molar-refractivity contribution in [3.05, 3.63) is 29.8 Å².